The molecule has 1 fully saturated rings. The number of primary amides is 1. The van der Waals surface area contributed by atoms with Crippen molar-refractivity contribution in [2.24, 2.45) is 11.7 Å². The van der Waals surface area contributed by atoms with Crippen LogP contribution < -0.4 is 10.6 Å². The predicted molar refractivity (Wildman–Crippen MR) is 49.4 cm³/mol. The summed E-state index contributed by atoms with van der Waals surface area (Å²) in [6, 6.07) is 0. The number of rotatable bonds is 2. The zero-order valence-corrected chi connectivity index (χ0v) is 7.83. The Labute approximate surface area is 79.6 Å². The lowest BCUT2D eigenvalue weighted by Crippen LogP contribution is -2.27. The van der Waals surface area contributed by atoms with Crippen LogP contribution in [-0.4, -0.2) is 29.2 Å². The molecule has 1 aromatic heterocycles. The van der Waals surface area contributed by atoms with Crippen molar-refractivity contribution in [1.29, 1.82) is 0 Å². The van der Waals surface area contributed by atoms with Crippen molar-refractivity contribution < 1.29 is 4.79 Å². The van der Waals surface area contributed by atoms with Crippen molar-refractivity contribution in [2.45, 2.75) is 6.42 Å². The second-order valence-corrected chi connectivity index (χ2v) is 3.87. The number of nitrogens with zero attached hydrogens (tertiary/aromatic N) is 3. The van der Waals surface area contributed by atoms with Gasteiger partial charge in [-0.25, -0.2) is 0 Å². The van der Waals surface area contributed by atoms with Gasteiger partial charge >= 0.3 is 0 Å². The van der Waals surface area contributed by atoms with E-state index >= 15 is 0 Å². The lowest BCUT2D eigenvalue weighted by Gasteiger charge is -2.12. The smallest absolute Gasteiger partial charge is 0.222 e. The Hall–Kier alpha value is -1.17. The van der Waals surface area contributed by atoms with Crippen molar-refractivity contribution in [1.82, 2.24) is 10.2 Å². The molecule has 1 aromatic rings. The average molecular weight is 198 g/mol. The van der Waals surface area contributed by atoms with Gasteiger partial charge in [0.25, 0.3) is 0 Å². The van der Waals surface area contributed by atoms with Crippen LogP contribution in [0.5, 0.6) is 0 Å². The van der Waals surface area contributed by atoms with Crippen molar-refractivity contribution in [3.63, 3.8) is 0 Å². The molecule has 1 aliphatic heterocycles. The van der Waals surface area contributed by atoms with Crippen LogP contribution >= 0.6 is 11.3 Å². The summed E-state index contributed by atoms with van der Waals surface area (Å²) in [4.78, 5) is 12.9. The molecule has 2 N–H and O–H groups in total. The van der Waals surface area contributed by atoms with E-state index in [1.165, 1.54) is 11.3 Å². The Kier molecular flexibility index (Phi) is 2.13. The molecular formula is C7H10N4OS. The normalized spacial score (nSPS) is 22.2. The molecule has 5 nitrogen and oxygen atoms in total. The van der Waals surface area contributed by atoms with Crippen molar-refractivity contribution >= 4 is 22.4 Å². The van der Waals surface area contributed by atoms with E-state index in [0.29, 0.717) is 6.54 Å². The van der Waals surface area contributed by atoms with Crippen LogP contribution in [0, 0.1) is 5.92 Å². The first-order chi connectivity index (χ1) is 6.27. The zero-order chi connectivity index (χ0) is 9.26. The monoisotopic (exact) mass is 198 g/mol. The number of hydrogen-bond acceptors (Lipinski definition) is 5. The number of hydrogen-bond donors (Lipinski definition) is 1. The first-order valence-corrected chi connectivity index (χ1v) is 4.96. The molecule has 0 saturated carbocycles. The standard InChI is InChI=1S/C7H10N4OS/c8-6(12)5-1-2-11(3-5)7-10-9-4-13-7/h4-5H,1-3H2,(H2,8,12). The van der Waals surface area contributed by atoms with Gasteiger partial charge in [-0.3, -0.25) is 4.79 Å². The zero-order valence-electron chi connectivity index (χ0n) is 7.01. The molecule has 1 amide bonds. The van der Waals surface area contributed by atoms with E-state index in [2.05, 4.69) is 10.2 Å². The van der Waals surface area contributed by atoms with Gasteiger partial charge in [-0.15, -0.1) is 10.2 Å². The molecular weight excluding hydrogens is 188 g/mol. The Morgan fingerprint density at radius 3 is 3.15 bits per heavy atom. The van der Waals surface area contributed by atoms with Gasteiger partial charge in [0.2, 0.25) is 11.0 Å². The van der Waals surface area contributed by atoms with Gasteiger partial charge in [0, 0.05) is 13.1 Å². The maximum atomic E-state index is 10.9. The molecule has 2 rings (SSSR count). The number of carbonyl (C=O) groups excluding carboxylic acids is 1. The van der Waals surface area contributed by atoms with Gasteiger partial charge in [-0.2, -0.15) is 0 Å². The molecule has 1 unspecified atom stereocenters. The van der Waals surface area contributed by atoms with Gasteiger partial charge in [0.15, 0.2) is 0 Å². The quantitative estimate of drug-likeness (QED) is 0.717. The molecule has 1 saturated heterocycles. The van der Waals surface area contributed by atoms with Gasteiger partial charge < -0.3 is 10.6 Å². The predicted octanol–water partition coefficient (Wildman–Crippen LogP) is -0.150. The highest BCUT2D eigenvalue weighted by Crippen LogP contribution is 2.24. The van der Waals surface area contributed by atoms with Crippen LogP contribution in [0.4, 0.5) is 5.13 Å². The Bertz CT molecular complexity index is 299. The number of nitrogens with two attached hydrogens (primary N) is 1. The minimum absolute atomic E-state index is 0.0242. The maximum absolute atomic E-state index is 10.9. The molecule has 13 heavy (non-hydrogen) atoms. The van der Waals surface area contributed by atoms with Gasteiger partial charge in [0.05, 0.1) is 5.92 Å². The molecule has 2 heterocycles. The number of carbonyl (C=O) groups is 1. The van der Waals surface area contributed by atoms with Crippen LogP contribution in [0.1, 0.15) is 6.42 Å². The summed E-state index contributed by atoms with van der Waals surface area (Å²) in [5, 5.41) is 8.56. The van der Waals surface area contributed by atoms with Crippen LogP contribution in [0.15, 0.2) is 5.51 Å². The molecule has 0 bridgehead atoms. The van der Waals surface area contributed by atoms with E-state index < -0.39 is 0 Å². The minimum Gasteiger partial charge on any atom is -0.369 e. The number of anilines is 1. The maximum Gasteiger partial charge on any atom is 0.222 e. The van der Waals surface area contributed by atoms with E-state index in [-0.39, 0.29) is 11.8 Å². The molecule has 0 radical (unpaired) electrons. The molecule has 1 aliphatic rings. The lowest BCUT2D eigenvalue weighted by molar-refractivity contribution is -0.121. The van der Waals surface area contributed by atoms with Gasteiger partial charge in [-0.05, 0) is 6.42 Å². The molecule has 0 spiro atoms. The summed E-state index contributed by atoms with van der Waals surface area (Å²) in [6.07, 6.45) is 0.828. The van der Waals surface area contributed by atoms with E-state index in [4.69, 9.17) is 5.73 Å². The van der Waals surface area contributed by atoms with Crippen LogP contribution in [-0.2, 0) is 4.79 Å². The van der Waals surface area contributed by atoms with Crippen molar-refractivity contribution in [3.8, 4) is 0 Å². The lowest BCUT2D eigenvalue weighted by atomic mass is 10.1. The SMILES string of the molecule is NC(=O)C1CCN(c2nncs2)C1. The van der Waals surface area contributed by atoms with Crippen molar-refractivity contribution in [2.75, 3.05) is 18.0 Å². The largest absolute Gasteiger partial charge is 0.369 e. The molecule has 6 heteroatoms. The van der Waals surface area contributed by atoms with Gasteiger partial charge in [0.1, 0.15) is 5.51 Å². The Morgan fingerprint density at radius 1 is 1.77 bits per heavy atom. The van der Waals surface area contributed by atoms with E-state index in [1.807, 2.05) is 4.90 Å². The summed E-state index contributed by atoms with van der Waals surface area (Å²) < 4.78 is 0. The Morgan fingerprint density at radius 2 is 2.62 bits per heavy atom. The first-order valence-electron chi connectivity index (χ1n) is 4.08. The molecule has 1 atom stereocenters. The summed E-state index contributed by atoms with van der Waals surface area (Å²) in [7, 11) is 0. The van der Waals surface area contributed by atoms with Crippen LogP contribution in [0.3, 0.4) is 0 Å². The third-order valence-corrected chi connectivity index (χ3v) is 2.96. The highest BCUT2D eigenvalue weighted by Gasteiger charge is 2.27. The fourth-order valence-electron chi connectivity index (χ4n) is 1.47. The van der Waals surface area contributed by atoms with Crippen LogP contribution in [0.2, 0.25) is 0 Å². The van der Waals surface area contributed by atoms with E-state index in [9.17, 15) is 4.79 Å². The second-order valence-electron chi connectivity index (χ2n) is 3.06. The highest BCUT2D eigenvalue weighted by atomic mass is 32.1. The third-order valence-electron chi connectivity index (χ3n) is 2.21. The summed E-state index contributed by atoms with van der Waals surface area (Å²) >= 11 is 1.49. The minimum atomic E-state index is -0.216. The fraction of sp³-hybridized carbons (Fsp3) is 0.571. The second kappa shape index (κ2) is 3.29. The fourth-order valence-corrected chi connectivity index (χ4v) is 2.07. The first kappa shape index (κ1) is 8.43. The topological polar surface area (TPSA) is 72.1 Å². The van der Waals surface area contributed by atoms with E-state index in [0.717, 1.165) is 18.1 Å². The molecule has 70 valence electrons. The highest BCUT2D eigenvalue weighted by molar-refractivity contribution is 7.13. The average Bonchev–Trinajstić information content (AvgIpc) is 2.75. The summed E-state index contributed by atoms with van der Waals surface area (Å²) in [5.41, 5.74) is 6.90. The van der Waals surface area contributed by atoms with Crippen LogP contribution in [0.25, 0.3) is 0 Å². The van der Waals surface area contributed by atoms with E-state index in [1.54, 1.807) is 5.51 Å². The Balaban J connectivity index is 2.03. The molecule has 0 aliphatic carbocycles. The summed E-state index contributed by atoms with van der Waals surface area (Å²) in [6.45, 7) is 1.54. The number of aromatic nitrogens is 2. The third kappa shape index (κ3) is 1.62. The summed E-state index contributed by atoms with van der Waals surface area (Å²) in [5.74, 6) is -0.240. The van der Waals surface area contributed by atoms with Gasteiger partial charge in [-0.1, -0.05) is 11.3 Å². The van der Waals surface area contributed by atoms with Crippen molar-refractivity contribution in [3.05, 3.63) is 5.51 Å². The molecule has 0 aromatic carbocycles. The number of amides is 1.